The minimum Gasteiger partial charge on any atom is -0.378 e. The van der Waals surface area contributed by atoms with Crippen LogP contribution in [-0.4, -0.2) is 43.4 Å². The molecule has 2 rings (SSSR count). The Morgan fingerprint density at radius 3 is 2.75 bits per heavy atom. The highest BCUT2D eigenvalue weighted by Crippen LogP contribution is 2.22. The first kappa shape index (κ1) is 14.4. The lowest BCUT2D eigenvalue weighted by Crippen LogP contribution is -2.35. The fourth-order valence-electron chi connectivity index (χ4n) is 2.33. The Morgan fingerprint density at radius 2 is 2.10 bits per heavy atom. The summed E-state index contributed by atoms with van der Waals surface area (Å²) in [4.78, 5) is 27.3. The number of rotatable bonds is 5. The molecule has 0 spiro atoms. The number of nitrogens with zero attached hydrogens (tertiary/aromatic N) is 2. The van der Waals surface area contributed by atoms with Crippen LogP contribution in [0.3, 0.4) is 0 Å². The Hall–Kier alpha value is -2.04. The molecule has 0 aliphatic carbocycles. The third-order valence-corrected chi connectivity index (χ3v) is 3.39. The third kappa shape index (κ3) is 2.92. The van der Waals surface area contributed by atoms with E-state index in [0.717, 1.165) is 17.8 Å². The monoisotopic (exact) mass is 275 g/mol. The van der Waals surface area contributed by atoms with E-state index in [-0.39, 0.29) is 18.2 Å². The molecule has 5 heteroatoms. The van der Waals surface area contributed by atoms with E-state index in [4.69, 9.17) is 0 Å². The summed E-state index contributed by atoms with van der Waals surface area (Å²) in [6, 6.07) is 7.37. The van der Waals surface area contributed by atoms with Gasteiger partial charge in [0.1, 0.15) is 6.04 Å². The standard InChI is InChI=1S/C15H21N3O2/c1-4-8-18-14(19)10-13(15(18)20)16-11-6-5-7-12(9-11)17(2)3/h5-7,9,13,16H,4,8,10H2,1-3H3. The molecule has 1 N–H and O–H groups in total. The van der Waals surface area contributed by atoms with Crippen molar-refractivity contribution in [2.24, 2.45) is 0 Å². The van der Waals surface area contributed by atoms with Crippen molar-refractivity contribution in [2.45, 2.75) is 25.8 Å². The number of imide groups is 1. The predicted octanol–water partition coefficient (Wildman–Crippen LogP) is 1.70. The molecule has 1 aliphatic rings. The van der Waals surface area contributed by atoms with Crippen molar-refractivity contribution in [3.05, 3.63) is 24.3 Å². The lowest BCUT2D eigenvalue weighted by Gasteiger charge is -2.17. The van der Waals surface area contributed by atoms with Crippen LogP contribution < -0.4 is 10.2 Å². The fraction of sp³-hybridized carbons (Fsp3) is 0.467. The Morgan fingerprint density at radius 1 is 1.35 bits per heavy atom. The number of anilines is 2. The second-order valence-corrected chi connectivity index (χ2v) is 5.23. The van der Waals surface area contributed by atoms with Crippen LogP contribution in [0, 0.1) is 0 Å². The van der Waals surface area contributed by atoms with Crippen LogP contribution in [0.15, 0.2) is 24.3 Å². The lowest BCUT2D eigenvalue weighted by molar-refractivity contribution is -0.138. The molecular formula is C15H21N3O2. The topological polar surface area (TPSA) is 52.7 Å². The minimum absolute atomic E-state index is 0.0851. The molecule has 1 aliphatic heterocycles. The summed E-state index contributed by atoms with van der Waals surface area (Å²) < 4.78 is 0. The van der Waals surface area contributed by atoms with E-state index in [1.165, 1.54) is 4.90 Å². The first-order chi connectivity index (χ1) is 9.52. The van der Waals surface area contributed by atoms with Crippen molar-refractivity contribution in [2.75, 3.05) is 30.9 Å². The summed E-state index contributed by atoms with van der Waals surface area (Å²) in [6.45, 7) is 2.47. The zero-order chi connectivity index (χ0) is 14.7. The van der Waals surface area contributed by atoms with Crippen LogP contribution in [0.2, 0.25) is 0 Å². The maximum Gasteiger partial charge on any atom is 0.252 e. The molecule has 1 atom stereocenters. The number of hydrogen-bond acceptors (Lipinski definition) is 4. The molecule has 0 bridgehead atoms. The number of hydrogen-bond donors (Lipinski definition) is 1. The van der Waals surface area contributed by atoms with Gasteiger partial charge in [-0.05, 0) is 24.6 Å². The van der Waals surface area contributed by atoms with Gasteiger partial charge in [-0.25, -0.2) is 0 Å². The highest BCUT2D eigenvalue weighted by atomic mass is 16.2. The third-order valence-electron chi connectivity index (χ3n) is 3.39. The average Bonchev–Trinajstić information content (AvgIpc) is 2.67. The smallest absolute Gasteiger partial charge is 0.252 e. The molecule has 20 heavy (non-hydrogen) atoms. The summed E-state index contributed by atoms with van der Waals surface area (Å²) in [6.07, 6.45) is 1.03. The van der Waals surface area contributed by atoms with E-state index in [1.54, 1.807) is 0 Å². The number of nitrogens with one attached hydrogen (secondary N) is 1. The molecule has 1 unspecified atom stereocenters. The Kier molecular flexibility index (Phi) is 4.27. The predicted molar refractivity (Wildman–Crippen MR) is 79.8 cm³/mol. The molecule has 1 aromatic rings. The van der Waals surface area contributed by atoms with Gasteiger partial charge in [0.2, 0.25) is 5.91 Å². The maximum atomic E-state index is 12.2. The van der Waals surface area contributed by atoms with Crippen LogP contribution >= 0.6 is 0 Å². The van der Waals surface area contributed by atoms with Crippen molar-refractivity contribution in [3.63, 3.8) is 0 Å². The number of carbonyl (C=O) groups excluding carboxylic acids is 2. The number of carbonyl (C=O) groups is 2. The first-order valence-electron chi connectivity index (χ1n) is 6.91. The second kappa shape index (κ2) is 5.94. The summed E-state index contributed by atoms with van der Waals surface area (Å²) in [5, 5.41) is 3.17. The largest absolute Gasteiger partial charge is 0.378 e. The maximum absolute atomic E-state index is 12.2. The van der Waals surface area contributed by atoms with Crippen LogP contribution in [0.25, 0.3) is 0 Å². The van der Waals surface area contributed by atoms with Crippen molar-refractivity contribution in [1.29, 1.82) is 0 Å². The van der Waals surface area contributed by atoms with Crippen molar-refractivity contribution < 1.29 is 9.59 Å². The summed E-state index contributed by atoms with van der Waals surface area (Å²) in [7, 11) is 3.93. The summed E-state index contributed by atoms with van der Waals surface area (Å²) in [5.74, 6) is -0.203. The van der Waals surface area contributed by atoms with Gasteiger partial charge in [-0.2, -0.15) is 0 Å². The molecule has 1 heterocycles. The number of amides is 2. The minimum atomic E-state index is -0.438. The van der Waals surface area contributed by atoms with E-state index in [9.17, 15) is 9.59 Å². The Labute approximate surface area is 119 Å². The number of benzene rings is 1. The quantitative estimate of drug-likeness (QED) is 0.831. The van der Waals surface area contributed by atoms with Gasteiger partial charge in [0, 0.05) is 32.0 Å². The highest BCUT2D eigenvalue weighted by Gasteiger charge is 2.37. The first-order valence-corrected chi connectivity index (χ1v) is 6.91. The molecule has 5 nitrogen and oxygen atoms in total. The van der Waals surface area contributed by atoms with Gasteiger partial charge in [-0.1, -0.05) is 13.0 Å². The molecule has 0 radical (unpaired) electrons. The van der Waals surface area contributed by atoms with E-state index in [0.29, 0.717) is 6.54 Å². The summed E-state index contributed by atoms with van der Waals surface area (Å²) >= 11 is 0. The number of likely N-dealkylation sites (tertiary alicyclic amines) is 1. The SMILES string of the molecule is CCCN1C(=O)CC(Nc2cccc(N(C)C)c2)C1=O. The molecule has 2 amide bonds. The molecule has 108 valence electrons. The zero-order valence-corrected chi connectivity index (χ0v) is 12.2. The molecular weight excluding hydrogens is 254 g/mol. The van der Waals surface area contributed by atoms with Crippen LogP contribution in [0.4, 0.5) is 11.4 Å². The van der Waals surface area contributed by atoms with Crippen LogP contribution in [-0.2, 0) is 9.59 Å². The highest BCUT2D eigenvalue weighted by molar-refractivity contribution is 6.06. The Balaban J connectivity index is 2.09. The van der Waals surface area contributed by atoms with Crippen LogP contribution in [0.5, 0.6) is 0 Å². The molecule has 1 aromatic carbocycles. The lowest BCUT2D eigenvalue weighted by atomic mass is 10.2. The van der Waals surface area contributed by atoms with Gasteiger partial charge in [0.25, 0.3) is 5.91 Å². The zero-order valence-electron chi connectivity index (χ0n) is 12.2. The average molecular weight is 275 g/mol. The van der Waals surface area contributed by atoms with Gasteiger partial charge < -0.3 is 10.2 Å². The molecule has 0 saturated carbocycles. The van der Waals surface area contributed by atoms with E-state index in [2.05, 4.69) is 5.32 Å². The van der Waals surface area contributed by atoms with Gasteiger partial charge in [0.15, 0.2) is 0 Å². The Bertz CT molecular complexity index is 514. The molecule has 1 saturated heterocycles. The fourth-order valence-corrected chi connectivity index (χ4v) is 2.33. The second-order valence-electron chi connectivity index (χ2n) is 5.23. The van der Waals surface area contributed by atoms with Gasteiger partial charge in [0.05, 0.1) is 6.42 Å². The van der Waals surface area contributed by atoms with E-state index >= 15 is 0 Å². The van der Waals surface area contributed by atoms with E-state index in [1.807, 2.05) is 50.2 Å². The van der Waals surface area contributed by atoms with E-state index < -0.39 is 6.04 Å². The van der Waals surface area contributed by atoms with Gasteiger partial charge in [-0.15, -0.1) is 0 Å². The van der Waals surface area contributed by atoms with Gasteiger partial charge in [-0.3, -0.25) is 14.5 Å². The molecule has 1 fully saturated rings. The van der Waals surface area contributed by atoms with Crippen molar-refractivity contribution in [1.82, 2.24) is 4.90 Å². The summed E-state index contributed by atoms with van der Waals surface area (Å²) in [5.41, 5.74) is 1.91. The van der Waals surface area contributed by atoms with Crippen molar-refractivity contribution >= 4 is 23.2 Å². The normalized spacial score (nSPS) is 18.6. The van der Waals surface area contributed by atoms with Crippen LogP contribution in [0.1, 0.15) is 19.8 Å². The van der Waals surface area contributed by atoms with Crippen molar-refractivity contribution in [3.8, 4) is 0 Å². The molecule has 0 aromatic heterocycles. The van der Waals surface area contributed by atoms with Gasteiger partial charge >= 0.3 is 0 Å².